The van der Waals surface area contributed by atoms with Gasteiger partial charge in [0.25, 0.3) is 0 Å². The van der Waals surface area contributed by atoms with Crippen molar-refractivity contribution in [3.63, 3.8) is 0 Å². The first-order chi connectivity index (χ1) is 5.61. The van der Waals surface area contributed by atoms with Gasteiger partial charge in [0.2, 0.25) is 0 Å². The summed E-state index contributed by atoms with van der Waals surface area (Å²) in [6.45, 7) is 0. The first-order valence-corrected chi connectivity index (χ1v) is 4.07. The first-order valence-electron chi connectivity index (χ1n) is 4.07. The van der Waals surface area contributed by atoms with Crippen LogP contribution in [0.2, 0.25) is 0 Å². The molecule has 0 aliphatic heterocycles. The Kier molecular flexibility index (Phi) is 4.40. The molecule has 1 rings (SSSR count). The zero-order valence-corrected chi connectivity index (χ0v) is 7.40. The predicted molar refractivity (Wildman–Crippen MR) is 45.7 cm³/mol. The highest BCUT2D eigenvalue weighted by molar-refractivity contribution is 5.72. The van der Waals surface area contributed by atoms with E-state index >= 15 is 0 Å². The Balaban J connectivity index is 0.00000144. The number of hydrogen-bond acceptors (Lipinski definition) is 3. The summed E-state index contributed by atoms with van der Waals surface area (Å²) in [6.07, 6.45) is 2.03. The lowest BCUT2D eigenvalue weighted by Crippen LogP contribution is -2.25. The SMILES string of the molecule is N.O=C(O)C1CCC(C(=O)O)CC1. The molecule has 13 heavy (non-hydrogen) atoms. The first kappa shape index (κ1) is 11.9. The van der Waals surface area contributed by atoms with Crippen LogP contribution in [0.1, 0.15) is 25.7 Å². The molecule has 5 nitrogen and oxygen atoms in total. The maximum Gasteiger partial charge on any atom is 0.306 e. The molecule has 1 aliphatic carbocycles. The molecule has 1 fully saturated rings. The lowest BCUT2D eigenvalue weighted by Gasteiger charge is -2.22. The van der Waals surface area contributed by atoms with E-state index in [1.54, 1.807) is 0 Å². The van der Waals surface area contributed by atoms with Crippen molar-refractivity contribution in [2.24, 2.45) is 11.8 Å². The molecule has 5 heteroatoms. The van der Waals surface area contributed by atoms with Crippen LogP contribution in [-0.2, 0) is 9.59 Å². The maximum absolute atomic E-state index is 10.5. The van der Waals surface area contributed by atoms with Crippen LogP contribution >= 0.6 is 0 Å². The summed E-state index contributed by atoms with van der Waals surface area (Å²) in [5, 5.41) is 17.2. The van der Waals surface area contributed by atoms with Crippen molar-refractivity contribution in [1.29, 1.82) is 0 Å². The van der Waals surface area contributed by atoms with Gasteiger partial charge in [-0.1, -0.05) is 0 Å². The molecule has 1 aliphatic rings. The standard InChI is InChI=1S/C8H12O4.H3N/c9-7(10)5-1-2-6(4-3-5)8(11)12;/h5-6H,1-4H2,(H,9,10)(H,11,12);1H3. The van der Waals surface area contributed by atoms with Gasteiger partial charge in [0.15, 0.2) is 0 Å². The highest BCUT2D eigenvalue weighted by Gasteiger charge is 2.29. The van der Waals surface area contributed by atoms with E-state index < -0.39 is 11.9 Å². The second kappa shape index (κ2) is 4.81. The Hall–Kier alpha value is -1.10. The molecule has 0 unspecified atom stereocenters. The summed E-state index contributed by atoms with van der Waals surface area (Å²) >= 11 is 0. The van der Waals surface area contributed by atoms with Crippen LogP contribution in [-0.4, -0.2) is 22.2 Å². The monoisotopic (exact) mass is 189 g/mol. The highest BCUT2D eigenvalue weighted by atomic mass is 16.4. The third-order valence-electron chi connectivity index (χ3n) is 2.43. The second-order valence-electron chi connectivity index (χ2n) is 3.23. The summed E-state index contributed by atoms with van der Waals surface area (Å²) < 4.78 is 0. The number of carboxylic acid groups (broad SMARTS) is 2. The molecule has 5 N–H and O–H groups in total. The Bertz CT molecular complexity index is 174. The molecule has 0 radical (unpaired) electrons. The minimum Gasteiger partial charge on any atom is -0.481 e. The van der Waals surface area contributed by atoms with Gasteiger partial charge in [-0.05, 0) is 25.7 Å². The largest absolute Gasteiger partial charge is 0.481 e. The van der Waals surface area contributed by atoms with Crippen LogP contribution in [0.4, 0.5) is 0 Å². The van der Waals surface area contributed by atoms with Gasteiger partial charge < -0.3 is 16.4 Å². The zero-order chi connectivity index (χ0) is 9.14. The van der Waals surface area contributed by atoms with Gasteiger partial charge in [0, 0.05) is 0 Å². The Morgan fingerprint density at radius 2 is 1.08 bits per heavy atom. The van der Waals surface area contributed by atoms with Crippen LogP contribution in [0.5, 0.6) is 0 Å². The van der Waals surface area contributed by atoms with Gasteiger partial charge in [-0.25, -0.2) is 0 Å². The second-order valence-corrected chi connectivity index (χ2v) is 3.23. The smallest absolute Gasteiger partial charge is 0.306 e. The van der Waals surface area contributed by atoms with Gasteiger partial charge in [0.05, 0.1) is 11.8 Å². The van der Waals surface area contributed by atoms with Crippen LogP contribution in [0.3, 0.4) is 0 Å². The van der Waals surface area contributed by atoms with Gasteiger partial charge in [-0.2, -0.15) is 0 Å². The summed E-state index contributed by atoms with van der Waals surface area (Å²) in [5.74, 6) is -2.22. The van der Waals surface area contributed by atoms with E-state index in [1.807, 2.05) is 0 Å². The van der Waals surface area contributed by atoms with Gasteiger partial charge in [0.1, 0.15) is 0 Å². The summed E-state index contributed by atoms with van der Waals surface area (Å²) in [6, 6.07) is 0. The average Bonchev–Trinajstić information content (AvgIpc) is 2.04. The number of hydrogen-bond donors (Lipinski definition) is 3. The fourth-order valence-corrected chi connectivity index (χ4v) is 1.59. The zero-order valence-electron chi connectivity index (χ0n) is 7.40. The lowest BCUT2D eigenvalue weighted by molar-refractivity contribution is -0.148. The van der Waals surface area contributed by atoms with E-state index in [-0.39, 0.29) is 18.0 Å². The van der Waals surface area contributed by atoms with Crippen LogP contribution in [0.25, 0.3) is 0 Å². The molecule has 76 valence electrons. The molecule has 0 spiro atoms. The third kappa shape index (κ3) is 3.02. The molecule has 1 saturated carbocycles. The molecule has 0 aromatic rings. The van der Waals surface area contributed by atoms with Crippen molar-refractivity contribution in [3.8, 4) is 0 Å². The van der Waals surface area contributed by atoms with Gasteiger partial charge in [-0.15, -0.1) is 0 Å². The number of carbonyl (C=O) groups is 2. The molecule has 0 bridgehead atoms. The fourth-order valence-electron chi connectivity index (χ4n) is 1.59. The van der Waals surface area contributed by atoms with Gasteiger partial charge in [-0.3, -0.25) is 9.59 Å². The number of aliphatic carboxylic acids is 2. The third-order valence-corrected chi connectivity index (χ3v) is 2.43. The summed E-state index contributed by atoms with van der Waals surface area (Å²) in [4.78, 5) is 21.0. The predicted octanol–water partition coefficient (Wildman–Crippen LogP) is 1.12. The van der Waals surface area contributed by atoms with E-state index in [1.165, 1.54) is 0 Å². The van der Waals surface area contributed by atoms with E-state index in [0.717, 1.165) is 0 Å². The average molecular weight is 189 g/mol. The van der Waals surface area contributed by atoms with Crippen molar-refractivity contribution in [1.82, 2.24) is 6.15 Å². The molecule has 0 aromatic carbocycles. The van der Waals surface area contributed by atoms with E-state index in [9.17, 15) is 9.59 Å². The molecular formula is C8H15NO4. The van der Waals surface area contributed by atoms with Crippen molar-refractivity contribution < 1.29 is 19.8 Å². The lowest BCUT2D eigenvalue weighted by atomic mass is 9.82. The van der Waals surface area contributed by atoms with Crippen LogP contribution in [0.15, 0.2) is 0 Å². The molecule has 0 atom stereocenters. The van der Waals surface area contributed by atoms with Crippen LogP contribution < -0.4 is 6.15 Å². The Morgan fingerprint density at radius 1 is 0.846 bits per heavy atom. The minimum atomic E-state index is -0.793. The number of rotatable bonds is 2. The van der Waals surface area contributed by atoms with Gasteiger partial charge >= 0.3 is 11.9 Å². The van der Waals surface area contributed by atoms with E-state index in [2.05, 4.69) is 0 Å². The molecule has 0 saturated heterocycles. The highest BCUT2D eigenvalue weighted by Crippen LogP contribution is 2.28. The number of carboxylic acids is 2. The Labute approximate surface area is 76.3 Å². The molecule has 0 amide bonds. The topological polar surface area (TPSA) is 110 Å². The van der Waals surface area contributed by atoms with Crippen LogP contribution in [0, 0.1) is 11.8 Å². The van der Waals surface area contributed by atoms with Crippen molar-refractivity contribution >= 4 is 11.9 Å². The minimum absolute atomic E-state index is 0. The van der Waals surface area contributed by atoms with Crippen molar-refractivity contribution in [3.05, 3.63) is 0 Å². The molecule has 0 aromatic heterocycles. The fraction of sp³-hybridized carbons (Fsp3) is 0.750. The van der Waals surface area contributed by atoms with Crippen molar-refractivity contribution in [2.45, 2.75) is 25.7 Å². The van der Waals surface area contributed by atoms with E-state index in [4.69, 9.17) is 10.2 Å². The normalized spacial score (nSPS) is 27.4. The summed E-state index contributed by atoms with van der Waals surface area (Å²) in [5.41, 5.74) is 0. The summed E-state index contributed by atoms with van der Waals surface area (Å²) in [7, 11) is 0. The molecular weight excluding hydrogens is 174 g/mol. The Morgan fingerprint density at radius 3 is 1.23 bits per heavy atom. The quantitative estimate of drug-likeness (QED) is 0.603. The molecule has 0 heterocycles. The van der Waals surface area contributed by atoms with Crippen molar-refractivity contribution in [2.75, 3.05) is 0 Å². The van der Waals surface area contributed by atoms with E-state index in [0.29, 0.717) is 25.7 Å². The maximum atomic E-state index is 10.5.